The van der Waals surface area contributed by atoms with Gasteiger partial charge in [0.05, 0.1) is 15.7 Å². The van der Waals surface area contributed by atoms with Crippen LogP contribution in [-0.4, -0.2) is 33.9 Å². The summed E-state index contributed by atoms with van der Waals surface area (Å²) in [5, 5.41) is 22.8. The van der Waals surface area contributed by atoms with Crippen LogP contribution in [0.5, 0.6) is 0 Å². The van der Waals surface area contributed by atoms with Gasteiger partial charge in [0.2, 0.25) is 0 Å². The molecule has 2 atom stereocenters. The smallest absolute Gasteiger partial charge is 0.407 e. The van der Waals surface area contributed by atoms with E-state index in [9.17, 15) is 15.0 Å². The van der Waals surface area contributed by atoms with E-state index in [0.717, 1.165) is 5.56 Å². The van der Waals surface area contributed by atoms with Gasteiger partial charge in [-0.05, 0) is 11.6 Å². The normalized spacial score (nSPS) is 13.2. The SMILES string of the molecule is O=C(NCC(O)C(O)c1ncc(Cl)cc1Cl)OCc1ccccc1. The predicted octanol–water partition coefficient (Wildman–Crippen LogP) is 2.71. The molecule has 2 rings (SSSR count). The van der Waals surface area contributed by atoms with Crippen LogP contribution in [0.3, 0.4) is 0 Å². The van der Waals surface area contributed by atoms with E-state index in [4.69, 9.17) is 27.9 Å². The van der Waals surface area contributed by atoms with Crippen molar-refractivity contribution in [2.75, 3.05) is 6.54 Å². The quantitative estimate of drug-likeness (QED) is 0.726. The number of amides is 1. The molecule has 0 saturated carbocycles. The molecule has 0 aliphatic rings. The zero-order valence-corrected chi connectivity index (χ0v) is 14.0. The van der Waals surface area contributed by atoms with E-state index in [1.165, 1.54) is 12.3 Å². The topological polar surface area (TPSA) is 91.7 Å². The minimum atomic E-state index is -1.37. The van der Waals surface area contributed by atoms with Crippen LogP contribution < -0.4 is 5.32 Å². The van der Waals surface area contributed by atoms with Gasteiger partial charge in [-0.2, -0.15) is 0 Å². The van der Waals surface area contributed by atoms with Crippen LogP contribution in [0, 0.1) is 0 Å². The summed E-state index contributed by atoms with van der Waals surface area (Å²) in [6.45, 7) is -0.120. The molecule has 6 nitrogen and oxygen atoms in total. The Morgan fingerprint density at radius 1 is 1.25 bits per heavy atom. The molecule has 128 valence electrons. The Bertz CT molecular complexity index is 685. The maximum Gasteiger partial charge on any atom is 0.407 e. The van der Waals surface area contributed by atoms with Crippen LogP contribution in [-0.2, 0) is 11.3 Å². The first-order valence-electron chi connectivity index (χ1n) is 7.09. The molecule has 24 heavy (non-hydrogen) atoms. The van der Waals surface area contributed by atoms with Crippen molar-refractivity contribution in [2.24, 2.45) is 0 Å². The largest absolute Gasteiger partial charge is 0.445 e. The van der Waals surface area contributed by atoms with Crippen molar-refractivity contribution in [1.82, 2.24) is 10.3 Å². The van der Waals surface area contributed by atoms with Gasteiger partial charge in [-0.1, -0.05) is 53.5 Å². The van der Waals surface area contributed by atoms with Gasteiger partial charge in [-0.15, -0.1) is 0 Å². The summed E-state index contributed by atoms with van der Waals surface area (Å²) < 4.78 is 5.00. The van der Waals surface area contributed by atoms with Crippen LogP contribution in [0.25, 0.3) is 0 Å². The van der Waals surface area contributed by atoms with Gasteiger partial charge in [0, 0.05) is 12.7 Å². The molecule has 2 aromatic rings. The molecule has 0 bridgehead atoms. The molecule has 0 saturated heterocycles. The zero-order valence-electron chi connectivity index (χ0n) is 12.5. The van der Waals surface area contributed by atoms with Gasteiger partial charge in [0.15, 0.2) is 0 Å². The fourth-order valence-electron chi connectivity index (χ4n) is 1.90. The highest BCUT2D eigenvalue weighted by Gasteiger charge is 2.23. The molecule has 0 aliphatic heterocycles. The number of benzene rings is 1. The monoisotopic (exact) mass is 370 g/mol. The lowest BCUT2D eigenvalue weighted by molar-refractivity contribution is 0.0160. The van der Waals surface area contributed by atoms with E-state index in [1.54, 1.807) is 0 Å². The van der Waals surface area contributed by atoms with E-state index < -0.39 is 18.3 Å². The third-order valence-electron chi connectivity index (χ3n) is 3.15. The number of ether oxygens (including phenoxy) is 1. The number of carbonyl (C=O) groups is 1. The Labute approximate surface area is 149 Å². The Kier molecular flexibility index (Phi) is 6.81. The third-order valence-corrected chi connectivity index (χ3v) is 3.66. The van der Waals surface area contributed by atoms with Gasteiger partial charge in [-0.25, -0.2) is 4.79 Å². The van der Waals surface area contributed by atoms with E-state index in [2.05, 4.69) is 10.3 Å². The first-order valence-corrected chi connectivity index (χ1v) is 7.84. The summed E-state index contributed by atoms with van der Waals surface area (Å²) in [7, 11) is 0. The molecule has 2 unspecified atom stereocenters. The molecule has 1 aromatic heterocycles. The summed E-state index contributed by atoms with van der Waals surface area (Å²) in [5.41, 5.74) is 0.915. The second kappa shape index (κ2) is 8.84. The van der Waals surface area contributed by atoms with E-state index >= 15 is 0 Å². The number of pyridine rings is 1. The lowest BCUT2D eigenvalue weighted by atomic mass is 10.1. The summed E-state index contributed by atoms with van der Waals surface area (Å²) in [6.07, 6.45) is -2.08. The number of nitrogens with zero attached hydrogens (tertiary/aromatic N) is 1. The van der Waals surface area contributed by atoms with E-state index in [0.29, 0.717) is 5.02 Å². The number of aliphatic hydroxyl groups excluding tert-OH is 2. The lowest BCUT2D eigenvalue weighted by Crippen LogP contribution is -2.36. The number of rotatable bonds is 6. The molecule has 0 radical (unpaired) electrons. The number of nitrogens with one attached hydrogen (secondary N) is 1. The van der Waals surface area contributed by atoms with Gasteiger partial charge in [-0.3, -0.25) is 4.98 Å². The lowest BCUT2D eigenvalue weighted by Gasteiger charge is -2.18. The van der Waals surface area contributed by atoms with Crippen molar-refractivity contribution in [3.05, 3.63) is 63.9 Å². The molecule has 1 aromatic carbocycles. The number of aromatic nitrogens is 1. The predicted molar refractivity (Wildman–Crippen MR) is 89.9 cm³/mol. The number of halogens is 2. The second-order valence-electron chi connectivity index (χ2n) is 4.98. The highest BCUT2D eigenvalue weighted by atomic mass is 35.5. The van der Waals surface area contributed by atoms with Crippen molar-refractivity contribution in [3.8, 4) is 0 Å². The average Bonchev–Trinajstić information content (AvgIpc) is 2.58. The van der Waals surface area contributed by atoms with Crippen molar-refractivity contribution in [2.45, 2.75) is 18.8 Å². The molecule has 0 spiro atoms. The van der Waals surface area contributed by atoms with E-state index in [-0.39, 0.29) is 23.9 Å². The van der Waals surface area contributed by atoms with Crippen LogP contribution >= 0.6 is 23.2 Å². The Hall–Kier alpha value is -1.86. The van der Waals surface area contributed by atoms with E-state index in [1.807, 2.05) is 30.3 Å². The Balaban J connectivity index is 1.81. The average molecular weight is 371 g/mol. The van der Waals surface area contributed by atoms with Crippen LogP contribution in [0.1, 0.15) is 17.4 Å². The molecule has 1 amide bonds. The molecule has 8 heteroatoms. The summed E-state index contributed by atoms with van der Waals surface area (Å²) in [4.78, 5) is 15.5. The zero-order chi connectivity index (χ0) is 17.5. The third kappa shape index (κ3) is 5.35. The number of carbonyl (C=O) groups excluding carboxylic acids is 1. The van der Waals surface area contributed by atoms with Crippen LogP contribution in [0.4, 0.5) is 4.79 Å². The van der Waals surface area contributed by atoms with Crippen LogP contribution in [0.15, 0.2) is 42.6 Å². The maximum atomic E-state index is 11.6. The van der Waals surface area contributed by atoms with Crippen molar-refractivity contribution in [3.63, 3.8) is 0 Å². The van der Waals surface area contributed by atoms with Crippen molar-refractivity contribution >= 4 is 29.3 Å². The minimum absolute atomic E-state index is 0.0769. The standard InChI is InChI=1S/C16H16Cl2N2O4/c17-11-6-12(18)14(19-7-11)15(22)13(21)8-20-16(23)24-9-10-4-2-1-3-5-10/h1-7,13,15,21-22H,8-9H2,(H,20,23). The maximum absolute atomic E-state index is 11.6. The highest BCUT2D eigenvalue weighted by Crippen LogP contribution is 2.25. The molecule has 0 aliphatic carbocycles. The minimum Gasteiger partial charge on any atom is -0.445 e. The van der Waals surface area contributed by atoms with Gasteiger partial charge < -0.3 is 20.3 Å². The molecule has 1 heterocycles. The van der Waals surface area contributed by atoms with Crippen molar-refractivity contribution < 1.29 is 19.7 Å². The number of aliphatic hydroxyl groups is 2. The molecule has 3 N–H and O–H groups in total. The summed E-state index contributed by atoms with van der Waals surface area (Å²) in [5.74, 6) is 0. The second-order valence-corrected chi connectivity index (χ2v) is 5.82. The molecular weight excluding hydrogens is 355 g/mol. The Morgan fingerprint density at radius 3 is 2.62 bits per heavy atom. The van der Waals surface area contributed by atoms with Crippen molar-refractivity contribution in [1.29, 1.82) is 0 Å². The van der Waals surface area contributed by atoms with Gasteiger partial charge in [0.1, 0.15) is 18.8 Å². The van der Waals surface area contributed by atoms with Crippen LogP contribution in [0.2, 0.25) is 10.0 Å². The fourth-order valence-corrected chi connectivity index (χ4v) is 2.39. The fraction of sp³-hybridized carbons (Fsp3) is 0.250. The number of alkyl carbamates (subject to hydrolysis) is 1. The van der Waals surface area contributed by atoms with Gasteiger partial charge in [0.25, 0.3) is 0 Å². The number of hydrogen-bond acceptors (Lipinski definition) is 5. The molecular formula is C16H16Cl2N2O4. The molecule has 0 fully saturated rings. The first kappa shape index (κ1) is 18.5. The van der Waals surface area contributed by atoms with Gasteiger partial charge >= 0.3 is 6.09 Å². The number of hydrogen-bond donors (Lipinski definition) is 3. The first-order chi connectivity index (χ1) is 11.5. The Morgan fingerprint density at radius 2 is 1.96 bits per heavy atom. The highest BCUT2D eigenvalue weighted by molar-refractivity contribution is 6.34. The summed E-state index contributed by atoms with van der Waals surface area (Å²) >= 11 is 11.6. The summed E-state index contributed by atoms with van der Waals surface area (Å²) in [6, 6.07) is 10.6.